The van der Waals surface area contributed by atoms with Crippen molar-refractivity contribution in [1.82, 2.24) is 15.0 Å². The highest BCUT2D eigenvalue weighted by atomic mass is 32.2. The summed E-state index contributed by atoms with van der Waals surface area (Å²) in [6, 6.07) is 5.11. The Morgan fingerprint density at radius 3 is 2.59 bits per heavy atom. The highest BCUT2D eigenvalue weighted by Crippen LogP contribution is 2.39. The molecule has 1 aliphatic heterocycles. The van der Waals surface area contributed by atoms with Crippen molar-refractivity contribution in [3.8, 4) is 5.88 Å². The van der Waals surface area contributed by atoms with Gasteiger partial charge in [-0.15, -0.1) is 0 Å². The quantitative estimate of drug-likeness (QED) is 0.380. The fourth-order valence-electron chi connectivity index (χ4n) is 5.00. The van der Waals surface area contributed by atoms with Crippen molar-refractivity contribution in [1.29, 1.82) is 0 Å². The number of anilines is 2. The standard InChI is InChI=1S/C28H35N5O5S/c1-6-22(29)20-13-31-26(37-16-10-17(11-16)39(35,36)7-2)21-14-30-24(12-19(20)21)32-23-9-8-18-25(33-23)15(3)28(4,5)38-27(18)34/h8-9,12-17,22H,6-7,10-11,29H2,1-5H3,(H,30,32,33)/t15-,16-,17+,22+/m1/s1. The van der Waals surface area contributed by atoms with Crippen molar-refractivity contribution < 1.29 is 22.7 Å². The van der Waals surface area contributed by atoms with Gasteiger partial charge >= 0.3 is 5.97 Å². The van der Waals surface area contributed by atoms with Crippen molar-refractivity contribution >= 4 is 38.2 Å². The number of nitrogens with one attached hydrogen (secondary N) is 1. The molecular weight excluding hydrogens is 518 g/mol. The lowest BCUT2D eigenvalue weighted by atomic mass is 9.84. The van der Waals surface area contributed by atoms with Crippen LogP contribution in [0.5, 0.6) is 5.88 Å². The third kappa shape index (κ3) is 5.05. The van der Waals surface area contributed by atoms with Crippen LogP contribution >= 0.6 is 0 Å². The van der Waals surface area contributed by atoms with Crippen molar-refractivity contribution in [2.75, 3.05) is 11.1 Å². The number of cyclic esters (lactones) is 1. The zero-order valence-electron chi connectivity index (χ0n) is 22.9. The van der Waals surface area contributed by atoms with E-state index in [0.717, 1.165) is 17.4 Å². The summed E-state index contributed by atoms with van der Waals surface area (Å²) in [5, 5.41) is 4.46. The summed E-state index contributed by atoms with van der Waals surface area (Å²) in [6.45, 7) is 9.42. The van der Waals surface area contributed by atoms with E-state index in [9.17, 15) is 13.2 Å². The number of sulfone groups is 1. The molecule has 3 N–H and O–H groups in total. The molecule has 39 heavy (non-hydrogen) atoms. The number of carbonyl (C=O) groups excluding carboxylic acids is 1. The van der Waals surface area contributed by atoms with Gasteiger partial charge in [-0.2, -0.15) is 0 Å². The van der Waals surface area contributed by atoms with Gasteiger partial charge in [0.25, 0.3) is 0 Å². The van der Waals surface area contributed by atoms with Gasteiger partial charge in [0.15, 0.2) is 9.84 Å². The molecule has 0 bridgehead atoms. The van der Waals surface area contributed by atoms with Crippen molar-refractivity contribution in [3.05, 3.63) is 47.4 Å². The molecular formula is C28H35N5O5S. The van der Waals surface area contributed by atoms with Crippen LogP contribution in [0.4, 0.5) is 11.6 Å². The predicted molar refractivity (Wildman–Crippen MR) is 149 cm³/mol. The topological polar surface area (TPSA) is 146 Å². The number of hydrogen-bond acceptors (Lipinski definition) is 10. The van der Waals surface area contributed by atoms with Crippen LogP contribution in [0.1, 0.15) is 87.5 Å². The lowest BCUT2D eigenvalue weighted by molar-refractivity contribution is -0.0189. The van der Waals surface area contributed by atoms with E-state index in [2.05, 4.69) is 15.3 Å². The van der Waals surface area contributed by atoms with Crippen molar-refractivity contribution in [3.63, 3.8) is 0 Å². The van der Waals surface area contributed by atoms with Crippen LogP contribution < -0.4 is 15.8 Å². The van der Waals surface area contributed by atoms with Gasteiger partial charge in [-0.1, -0.05) is 20.8 Å². The molecule has 2 atom stereocenters. The molecule has 0 unspecified atom stereocenters. The summed E-state index contributed by atoms with van der Waals surface area (Å²) < 4.78 is 36.0. The van der Waals surface area contributed by atoms with Crippen LogP contribution in [0.3, 0.4) is 0 Å². The molecule has 1 fully saturated rings. The molecule has 3 aromatic rings. The second-order valence-electron chi connectivity index (χ2n) is 10.9. The molecule has 0 radical (unpaired) electrons. The molecule has 0 saturated heterocycles. The van der Waals surface area contributed by atoms with Gasteiger partial charge in [-0.3, -0.25) is 0 Å². The van der Waals surface area contributed by atoms with Crippen LogP contribution in [0.2, 0.25) is 0 Å². The first-order valence-electron chi connectivity index (χ1n) is 13.4. The zero-order chi connectivity index (χ0) is 28.1. The lowest BCUT2D eigenvalue weighted by Gasteiger charge is -2.36. The van der Waals surface area contributed by atoms with Crippen molar-refractivity contribution in [2.24, 2.45) is 5.73 Å². The fraction of sp³-hybridized carbons (Fsp3) is 0.500. The van der Waals surface area contributed by atoms with E-state index in [1.165, 1.54) is 0 Å². The first-order valence-corrected chi connectivity index (χ1v) is 15.1. The molecule has 0 spiro atoms. The van der Waals surface area contributed by atoms with Gasteiger partial charge in [0, 0.05) is 42.9 Å². The molecule has 0 amide bonds. The molecule has 11 heteroatoms. The van der Waals surface area contributed by atoms with Crippen LogP contribution in [0, 0.1) is 0 Å². The van der Waals surface area contributed by atoms with E-state index < -0.39 is 15.4 Å². The molecule has 208 valence electrons. The number of hydrogen-bond donors (Lipinski definition) is 2. The SMILES string of the molecule is CC[C@H](N)c1cnc(O[C@H]2C[C@@H](S(=O)(=O)CC)C2)c2cnc(Nc3ccc4c(n3)[C@@H](C)C(C)(C)OC4=O)cc12. The Labute approximate surface area is 228 Å². The second kappa shape index (κ2) is 10.0. The Morgan fingerprint density at radius 1 is 1.15 bits per heavy atom. The normalized spacial score (nSPS) is 22.9. The first kappa shape index (κ1) is 27.3. The summed E-state index contributed by atoms with van der Waals surface area (Å²) in [7, 11) is -3.07. The molecule has 1 saturated carbocycles. The zero-order valence-corrected chi connectivity index (χ0v) is 23.7. The number of ether oxygens (including phenoxy) is 2. The predicted octanol–water partition coefficient (Wildman–Crippen LogP) is 4.58. The van der Waals surface area contributed by atoms with E-state index in [1.54, 1.807) is 31.5 Å². The van der Waals surface area contributed by atoms with Gasteiger partial charge < -0.3 is 20.5 Å². The molecule has 2 aliphatic rings. The summed E-state index contributed by atoms with van der Waals surface area (Å²) in [6.07, 6.45) is 4.82. The maximum absolute atomic E-state index is 12.5. The van der Waals surface area contributed by atoms with Gasteiger partial charge in [0.05, 0.1) is 21.9 Å². The Kier molecular flexibility index (Phi) is 7.00. The smallest absolute Gasteiger partial charge is 0.340 e. The third-order valence-electron chi connectivity index (χ3n) is 8.06. The Hall–Kier alpha value is -3.31. The number of rotatable bonds is 8. The Morgan fingerprint density at radius 2 is 1.90 bits per heavy atom. The third-order valence-corrected chi connectivity index (χ3v) is 10.3. The number of nitrogens with two attached hydrogens (primary N) is 1. The Bertz CT molecular complexity index is 1530. The maximum Gasteiger partial charge on any atom is 0.340 e. The number of aromatic nitrogens is 3. The van der Waals surface area contributed by atoms with E-state index in [0.29, 0.717) is 47.0 Å². The van der Waals surface area contributed by atoms with Crippen LogP contribution in [-0.4, -0.2) is 52.0 Å². The van der Waals surface area contributed by atoms with E-state index in [4.69, 9.17) is 20.2 Å². The van der Waals surface area contributed by atoms with E-state index in [1.807, 2.05) is 33.8 Å². The summed E-state index contributed by atoms with van der Waals surface area (Å²) in [4.78, 5) is 26.3. The molecule has 5 rings (SSSR count). The molecule has 4 heterocycles. The molecule has 1 aliphatic carbocycles. The Balaban J connectivity index is 1.44. The highest BCUT2D eigenvalue weighted by Gasteiger charge is 2.41. The summed E-state index contributed by atoms with van der Waals surface area (Å²) >= 11 is 0. The number of pyridine rings is 3. The van der Waals surface area contributed by atoms with Crippen LogP contribution in [-0.2, 0) is 14.6 Å². The van der Waals surface area contributed by atoms with Gasteiger partial charge in [0.1, 0.15) is 23.3 Å². The monoisotopic (exact) mass is 553 g/mol. The summed E-state index contributed by atoms with van der Waals surface area (Å²) in [5.74, 6) is 1.19. The molecule has 3 aromatic heterocycles. The minimum absolute atomic E-state index is 0.0881. The number of esters is 1. The summed E-state index contributed by atoms with van der Waals surface area (Å²) in [5.41, 5.74) is 7.77. The minimum atomic E-state index is -3.07. The first-order chi connectivity index (χ1) is 18.4. The number of carbonyl (C=O) groups is 1. The largest absolute Gasteiger partial charge is 0.474 e. The van der Waals surface area contributed by atoms with E-state index in [-0.39, 0.29) is 35.0 Å². The van der Waals surface area contributed by atoms with Gasteiger partial charge in [-0.25, -0.2) is 28.2 Å². The van der Waals surface area contributed by atoms with E-state index >= 15 is 0 Å². The number of fused-ring (bicyclic) bond motifs is 2. The van der Waals surface area contributed by atoms with Crippen molar-refractivity contribution in [2.45, 2.75) is 82.8 Å². The fourth-order valence-corrected chi connectivity index (χ4v) is 6.49. The minimum Gasteiger partial charge on any atom is -0.474 e. The average molecular weight is 554 g/mol. The average Bonchev–Trinajstić information content (AvgIpc) is 2.88. The number of nitrogens with zero attached hydrogens (tertiary/aromatic N) is 3. The second-order valence-corrected chi connectivity index (χ2v) is 13.5. The molecule has 10 nitrogen and oxygen atoms in total. The van der Waals surface area contributed by atoms with Gasteiger partial charge in [-0.05, 0) is 49.4 Å². The lowest BCUT2D eigenvalue weighted by Crippen LogP contribution is -2.43. The van der Waals surface area contributed by atoms with Crippen LogP contribution in [0.15, 0.2) is 30.6 Å². The van der Waals surface area contributed by atoms with Crippen LogP contribution in [0.25, 0.3) is 10.8 Å². The maximum atomic E-state index is 12.5. The molecule has 0 aromatic carbocycles. The highest BCUT2D eigenvalue weighted by molar-refractivity contribution is 7.92. The van der Waals surface area contributed by atoms with Gasteiger partial charge in [0.2, 0.25) is 5.88 Å².